The van der Waals surface area contributed by atoms with Crippen LogP contribution in [0.1, 0.15) is 52.9 Å². The van der Waals surface area contributed by atoms with Gasteiger partial charge in [0.2, 0.25) is 0 Å². The van der Waals surface area contributed by atoms with Gasteiger partial charge in [-0.1, -0.05) is 26.7 Å². The molecule has 0 bridgehead atoms. The van der Waals surface area contributed by atoms with E-state index in [1.807, 2.05) is 14.0 Å². The summed E-state index contributed by atoms with van der Waals surface area (Å²) < 4.78 is 4.93. The van der Waals surface area contributed by atoms with Crippen LogP contribution in [-0.2, 0) is 9.53 Å². The van der Waals surface area contributed by atoms with Crippen molar-refractivity contribution >= 4 is 35.9 Å². The molecule has 136 valence electrons. The van der Waals surface area contributed by atoms with E-state index in [9.17, 15) is 4.79 Å². The molecule has 5 nitrogen and oxygen atoms in total. The summed E-state index contributed by atoms with van der Waals surface area (Å²) in [6, 6.07) is 0. The molecule has 23 heavy (non-hydrogen) atoms. The second-order valence-electron chi connectivity index (χ2n) is 5.95. The molecule has 0 amide bonds. The normalized spacial score (nSPS) is 18.0. The fourth-order valence-electron chi connectivity index (χ4n) is 3.32. The molecule has 0 aliphatic carbocycles. The van der Waals surface area contributed by atoms with Crippen LogP contribution < -0.4 is 5.32 Å². The number of likely N-dealkylation sites (tertiary alicyclic amines) is 1. The predicted octanol–water partition coefficient (Wildman–Crippen LogP) is 3.28. The van der Waals surface area contributed by atoms with E-state index in [0.717, 1.165) is 43.9 Å². The molecule has 0 aromatic carbocycles. The van der Waals surface area contributed by atoms with Crippen LogP contribution in [0.3, 0.4) is 0 Å². The van der Waals surface area contributed by atoms with Gasteiger partial charge in [0, 0.05) is 33.1 Å². The first kappa shape index (κ1) is 22.5. The first-order valence-electron chi connectivity index (χ1n) is 8.77. The minimum absolute atomic E-state index is 0. The van der Waals surface area contributed by atoms with E-state index >= 15 is 0 Å². The summed E-state index contributed by atoms with van der Waals surface area (Å²) in [5, 5.41) is 3.37. The Morgan fingerprint density at radius 1 is 1.35 bits per heavy atom. The number of rotatable bonds is 8. The summed E-state index contributed by atoms with van der Waals surface area (Å²) in [5.74, 6) is 2.46. The van der Waals surface area contributed by atoms with Crippen LogP contribution in [0.4, 0.5) is 0 Å². The Morgan fingerprint density at radius 3 is 2.61 bits per heavy atom. The van der Waals surface area contributed by atoms with E-state index in [0.29, 0.717) is 13.0 Å². The summed E-state index contributed by atoms with van der Waals surface area (Å²) >= 11 is 0. The van der Waals surface area contributed by atoms with Crippen molar-refractivity contribution in [3.63, 3.8) is 0 Å². The zero-order valence-corrected chi connectivity index (χ0v) is 17.5. The summed E-state index contributed by atoms with van der Waals surface area (Å²) in [5.41, 5.74) is 0. The maximum absolute atomic E-state index is 11.3. The molecule has 1 N–H and O–H groups in total. The van der Waals surface area contributed by atoms with Crippen LogP contribution in [-0.4, -0.2) is 50.1 Å². The van der Waals surface area contributed by atoms with Crippen molar-refractivity contribution in [2.75, 3.05) is 33.3 Å². The molecule has 1 saturated heterocycles. The highest BCUT2D eigenvalue weighted by atomic mass is 127. The number of aliphatic imine (C=N–C) groups is 1. The average molecular weight is 439 g/mol. The Morgan fingerprint density at radius 2 is 2.04 bits per heavy atom. The quantitative estimate of drug-likeness (QED) is 0.207. The number of nitrogens with zero attached hydrogens (tertiary/aromatic N) is 2. The van der Waals surface area contributed by atoms with Crippen molar-refractivity contribution in [1.29, 1.82) is 0 Å². The number of ether oxygens (including phenoxy) is 1. The second kappa shape index (κ2) is 12.8. The lowest BCUT2D eigenvalue weighted by Gasteiger charge is -2.24. The maximum atomic E-state index is 11.3. The molecule has 0 spiro atoms. The van der Waals surface area contributed by atoms with Gasteiger partial charge in [0.15, 0.2) is 5.96 Å². The zero-order chi connectivity index (χ0) is 16.4. The molecule has 0 aromatic rings. The third-order valence-electron chi connectivity index (χ3n) is 4.60. The molecule has 0 aromatic heterocycles. The third-order valence-corrected chi connectivity index (χ3v) is 4.60. The van der Waals surface area contributed by atoms with Crippen molar-refractivity contribution in [3.8, 4) is 0 Å². The number of hydrogen-bond donors (Lipinski definition) is 1. The summed E-state index contributed by atoms with van der Waals surface area (Å²) in [6.45, 7) is 9.82. The van der Waals surface area contributed by atoms with Gasteiger partial charge in [0.25, 0.3) is 0 Å². The number of halogens is 1. The highest BCUT2D eigenvalue weighted by Crippen LogP contribution is 2.28. The van der Waals surface area contributed by atoms with Gasteiger partial charge in [-0.05, 0) is 31.6 Å². The smallest absolute Gasteiger partial charge is 0.305 e. The van der Waals surface area contributed by atoms with Gasteiger partial charge in [-0.3, -0.25) is 9.79 Å². The molecule has 1 heterocycles. The van der Waals surface area contributed by atoms with Crippen molar-refractivity contribution < 1.29 is 9.53 Å². The van der Waals surface area contributed by atoms with Gasteiger partial charge in [0.1, 0.15) is 0 Å². The first-order chi connectivity index (χ1) is 10.7. The Labute approximate surface area is 158 Å². The van der Waals surface area contributed by atoms with E-state index in [1.165, 1.54) is 19.3 Å². The number of esters is 1. The highest BCUT2D eigenvalue weighted by Gasteiger charge is 2.29. The van der Waals surface area contributed by atoms with Crippen LogP contribution in [0.5, 0.6) is 0 Å². The Hall–Kier alpha value is -0.530. The molecular formula is C17H34IN3O2. The molecule has 1 rings (SSSR count). The number of hydrogen-bond acceptors (Lipinski definition) is 3. The Bertz CT molecular complexity index is 360. The SMILES string of the molecule is CCOC(=O)CCCNC(=NC)N1CCC(C(CC)CC)C1.I. The van der Waals surface area contributed by atoms with E-state index in [4.69, 9.17) is 4.74 Å². The first-order valence-corrected chi connectivity index (χ1v) is 8.77. The van der Waals surface area contributed by atoms with Crippen LogP contribution in [0.2, 0.25) is 0 Å². The number of guanidine groups is 1. The Balaban J connectivity index is 0.00000484. The van der Waals surface area contributed by atoms with Gasteiger partial charge in [-0.25, -0.2) is 0 Å². The van der Waals surface area contributed by atoms with Gasteiger partial charge >= 0.3 is 5.97 Å². The van der Waals surface area contributed by atoms with Crippen LogP contribution >= 0.6 is 24.0 Å². The lowest BCUT2D eigenvalue weighted by Crippen LogP contribution is -2.40. The zero-order valence-electron chi connectivity index (χ0n) is 15.1. The van der Waals surface area contributed by atoms with E-state index in [2.05, 4.69) is 29.1 Å². The fraction of sp³-hybridized carbons (Fsp3) is 0.882. The van der Waals surface area contributed by atoms with Crippen molar-refractivity contribution in [3.05, 3.63) is 0 Å². The largest absolute Gasteiger partial charge is 0.466 e. The molecule has 1 fully saturated rings. The van der Waals surface area contributed by atoms with E-state index in [-0.39, 0.29) is 29.9 Å². The maximum Gasteiger partial charge on any atom is 0.305 e. The molecule has 1 aliphatic rings. The lowest BCUT2D eigenvalue weighted by molar-refractivity contribution is -0.143. The van der Waals surface area contributed by atoms with Crippen molar-refractivity contribution in [2.45, 2.75) is 52.9 Å². The molecule has 1 atom stereocenters. The van der Waals surface area contributed by atoms with Crippen molar-refractivity contribution in [2.24, 2.45) is 16.8 Å². The van der Waals surface area contributed by atoms with E-state index in [1.54, 1.807) is 0 Å². The molecule has 6 heteroatoms. The molecular weight excluding hydrogens is 405 g/mol. The van der Waals surface area contributed by atoms with Gasteiger partial charge < -0.3 is 15.0 Å². The lowest BCUT2D eigenvalue weighted by atomic mass is 9.87. The Kier molecular flexibility index (Phi) is 12.5. The second-order valence-corrected chi connectivity index (χ2v) is 5.95. The monoisotopic (exact) mass is 439 g/mol. The van der Waals surface area contributed by atoms with Crippen molar-refractivity contribution in [1.82, 2.24) is 10.2 Å². The predicted molar refractivity (Wildman–Crippen MR) is 106 cm³/mol. The van der Waals surface area contributed by atoms with Gasteiger partial charge in [0.05, 0.1) is 6.61 Å². The molecule has 1 unspecified atom stereocenters. The summed E-state index contributed by atoms with van der Waals surface area (Å²) in [4.78, 5) is 18.0. The standard InChI is InChI=1S/C17H33N3O2.HI/c1-5-14(6-2)15-10-12-20(13-15)17(18-4)19-11-8-9-16(21)22-7-3;/h14-15H,5-13H2,1-4H3,(H,18,19);1H. The van der Waals surface area contributed by atoms with Gasteiger partial charge in [-0.2, -0.15) is 0 Å². The van der Waals surface area contributed by atoms with Crippen LogP contribution in [0.15, 0.2) is 4.99 Å². The number of carbonyl (C=O) groups is 1. The summed E-state index contributed by atoms with van der Waals surface area (Å²) in [6.07, 6.45) is 5.03. The fourth-order valence-corrected chi connectivity index (χ4v) is 3.32. The van der Waals surface area contributed by atoms with Gasteiger partial charge in [-0.15, -0.1) is 24.0 Å². The minimum Gasteiger partial charge on any atom is -0.466 e. The molecule has 0 saturated carbocycles. The third kappa shape index (κ3) is 7.72. The topological polar surface area (TPSA) is 53.9 Å². The molecule has 1 aliphatic heterocycles. The highest BCUT2D eigenvalue weighted by molar-refractivity contribution is 14.0. The average Bonchev–Trinajstić information content (AvgIpc) is 2.98. The van der Waals surface area contributed by atoms with E-state index < -0.39 is 0 Å². The van der Waals surface area contributed by atoms with Crippen LogP contribution in [0.25, 0.3) is 0 Å². The summed E-state index contributed by atoms with van der Waals surface area (Å²) in [7, 11) is 1.83. The number of carbonyl (C=O) groups excluding carboxylic acids is 1. The molecule has 0 radical (unpaired) electrons. The number of nitrogens with one attached hydrogen (secondary N) is 1. The minimum atomic E-state index is -0.116. The van der Waals surface area contributed by atoms with Crippen LogP contribution in [0, 0.1) is 11.8 Å².